The van der Waals surface area contributed by atoms with Gasteiger partial charge in [-0.05, 0) is 67.9 Å². The fourth-order valence-electron chi connectivity index (χ4n) is 3.03. The number of ether oxygens (including phenoxy) is 1. The van der Waals surface area contributed by atoms with Crippen molar-refractivity contribution in [3.8, 4) is 5.75 Å². The second-order valence-electron chi connectivity index (χ2n) is 6.70. The van der Waals surface area contributed by atoms with Gasteiger partial charge in [-0.2, -0.15) is 0 Å². The maximum Gasteiger partial charge on any atom is 0.294 e. The molecule has 0 spiro atoms. The summed E-state index contributed by atoms with van der Waals surface area (Å²) in [4.78, 5) is 38.8. The maximum absolute atomic E-state index is 12.8. The lowest BCUT2D eigenvalue weighted by Crippen LogP contribution is -2.36. The number of imide groups is 1. The smallest absolute Gasteiger partial charge is 0.294 e. The van der Waals surface area contributed by atoms with Gasteiger partial charge in [0, 0.05) is 16.3 Å². The fourth-order valence-corrected chi connectivity index (χ4v) is 4.04. The first-order chi connectivity index (χ1) is 14.3. The van der Waals surface area contributed by atoms with Gasteiger partial charge >= 0.3 is 0 Å². The van der Waals surface area contributed by atoms with Crippen molar-refractivity contribution in [3.05, 3.63) is 63.0 Å². The van der Waals surface area contributed by atoms with Crippen molar-refractivity contribution in [2.24, 2.45) is 0 Å². The number of anilines is 1. The van der Waals surface area contributed by atoms with Crippen molar-refractivity contribution in [2.75, 3.05) is 18.5 Å². The number of aryl methyl sites for hydroxylation is 2. The molecule has 2 aromatic rings. The Balaban J connectivity index is 1.77. The SMILES string of the molecule is CCOc1ccc(Cl)cc1/C=C1\SC(=O)N(CC(=O)Nc2c(C)cccc2C)C1=O. The van der Waals surface area contributed by atoms with Crippen LogP contribution in [-0.2, 0) is 9.59 Å². The molecule has 1 heterocycles. The number of rotatable bonds is 6. The Hall–Kier alpha value is -2.77. The van der Waals surface area contributed by atoms with Crippen LogP contribution in [0.3, 0.4) is 0 Å². The average molecular weight is 445 g/mol. The lowest BCUT2D eigenvalue weighted by Gasteiger charge is -2.15. The number of hydrogen-bond acceptors (Lipinski definition) is 5. The monoisotopic (exact) mass is 444 g/mol. The van der Waals surface area contributed by atoms with Crippen LogP contribution < -0.4 is 10.1 Å². The summed E-state index contributed by atoms with van der Waals surface area (Å²) in [7, 11) is 0. The molecule has 2 aromatic carbocycles. The maximum atomic E-state index is 12.8. The first kappa shape index (κ1) is 21.9. The highest BCUT2D eigenvalue weighted by Crippen LogP contribution is 2.35. The Morgan fingerprint density at radius 2 is 1.90 bits per heavy atom. The van der Waals surface area contributed by atoms with Crippen LogP contribution >= 0.6 is 23.4 Å². The van der Waals surface area contributed by atoms with Crippen LogP contribution in [0.2, 0.25) is 5.02 Å². The van der Waals surface area contributed by atoms with E-state index in [0.717, 1.165) is 27.8 Å². The number of halogens is 1. The van der Waals surface area contributed by atoms with E-state index < -0.39 is 17.1 Å². The van der Waals surface area contributed by atoms with Gasteiger partial charge in [0.15, 0.2) is 0 Å². The topological polar surface area (TPSA) is 75.7 Å². The number of para-hydroxylation sites is 1. The van der Waals surface area contributed by atoms with Crippen LogP contribution in [0.4, 0.5) is 10.5 Å². The standard InChI is InChI=1S/C22H21ClN2O4S/c1-4-29-17-9-8-16(23)10-15(17)11-18-21(27)25(22(28)30-18)12-19(26)24-20-13(2)6-5-7-14(20)3/h5-11H,4,12H2,1-3H3,(H,24,26)/b18-11-. The van der Waals surface area contributed by atoms with Crippen LogP contribution in [0.25, 0.3) is 6.08 Å². The fraction of sp³-hybridized carbons (Fsp3) is 0.227. The predicted molar refractivity (Wildman–Crippen MR) is 120 cm³/mol. The van der Waals surface area contributed by atoms with Gasteiger partial charge in [-0.25, -0.2) is 0 Å². The molecule has 3 rings (SSSR count). The van der Waals surface area contributed by atoms with E-state index >= 15 is 0 Å². The van der Waals surface area contributed by atoms with E-state index in [2.05, 4.69) is 5.32 Å². The molecule has 6 nitrogen and oxygen atoms in total. The number of carbonyl (C=O) groups excluding carboxylic acids is 3. The van der Waals surface area contributed by atoms with Crippen molar-refractivity contribution >= 4 is 52.2 Å². The molecule has 0 atom stereocenters. The zero-order chi connectivity index (χ0) is 21.8. The van der Waals surface area contributed by atoms with E-state index in [4.69, 9.17) is 16.3 Å². The van der Waals surface area contributed by atoms with Crippen LogP contribution in [0.5, 0.6) is 5.75 Å². The third kappa shape index (κ3) is 4.86. The summed E-state index contributed by atoms with van der Waals surface area (Å²) in [6.45, 7) is 5.70. The number of hydrogen-bond donors (Lipinski definition) is 1. The molecule has 0 aliphatic carbocycles. The molecule has 1 aliphatic rings. The van der Waals surface area contributed by atoms with E-state index in [1.165, 1.54) is 0 Å². The highest BCUT2D eigenvalue weighted by atomic mass is 35.5. The van der Waals surface area contributed by atoms with Crippen molar-refractivity contribution < 1.29 is 19.1 Å². The third-order valence-electron chi connectivity index (χ3n) is 4.48. The highest BCUT2D eigenvalue weighted by Gasteiger charge is 2.36. The average Bonchev–Trinajstić information content (AvgIpc) is 2.94. The van der Waals surface area contributed by atoms with Crippen LogP contribution in [-0.4, -0.2) is 35.1 Å². The number of nitrogens with one attached hydrogen (secondary N) is 1. The lowest BCUT2D eigenvalue weighted by atomic mass is 10.1. The van der Waals surface area contributed by atoms with E-state index in [1.807, 2.05) is 39.0 Å². The zero-order valence-electron chi connectivity index (χ0n) is 16.8. The van der Waals surface area contributed by atoms with Gasteiger partial charge in [-0.1, -0.05) is 29.8 Å². The molecule has 1 aliphatic heterocycles. The molecule has 0 saturated carbocycles. The normalized spacial score (nSPS) is 15.1. The minimum atomic E-state index is -0.524. The highest BCUT2D eigenvalue weighted by molar-refractivity contribution is 8.18. The molecule has 0 bridgehead atoms. The Bertz CT molecular complexity index is 1030. The number of benzene rings is 2. The van der Waals surface area contributed by atoms with Crippen LogP contribution in [0, 0.1) is 13.8 Å². The Morgan fingerprint density at radius 1 is 1.20 bits per heavy atom. The number of carbonyl (C=O) groups is 3. The number of thioether (sulfide) groups is 1. The largest absolute Gasteiger partial charge is 0.493 e. The van der Waals surface area contributed by atoms with Gasteiger partial charge in [-0.15, -0.1) is 0 Å². The van der Waals surface area contributed by atoms with Crippen LogP contribution in [0.15, 0.2) is 41.3 Å². The van der Waals surface area contributed by atoms with Gasteiger partial charge in [0.05, 0.1) is 11.5 Å². The van der Waals surface area contributed by atoms with Gasteiger partial charge < -0.3 is 10.1 Å². The Kier molecular flexibility index (Phi) is 6.84. The second kappa shape index (κ2) is 9.36. The summed E-state index contributed by atoms with van der Waals surface area (Å²) in [5.41, 5.74) is 3.09. The molecule has 1 fully saturated rings. The molecular weight excluding hydrogens is 424 g/mol. The molecule has 156 valence electrons. The summed E-state index contributed by atoms with van der Waals surface area (Å²) in [6.07, 6.45) is 1.56. The summed E-state index contributed by atoms with van der Waals surface area (Å²) in [5, 5.41) is 2.78. The summed E-state index contributed by atoms with van der Waals surface area (Å²) in [6, 6.07) is 10.7. The first-order valence-electron chi connectivity index (χ1n) is 9.34. The predicted octanol–water partition coefficient (Wildman–Crippen LogP) is 5.03. The molecule has 0 aromatic heterocycles. The van der Waals surface area contributed by atoms with E-state index in [1.54, 1.807) is 24.3 Å². The molecule has 0 radical (unpaired) electrons. The van der Waals surface area contributed by atoms with Gasteiger partial charge in [-0.3, -0.25) is 19.3 Å². The van der Waals surface area contributed by atoms with Crippen LogP contribution in [0.1, 0.15) is 23.6 Å². The third-order valence-corrected chi connectivity index (χ3v) is 5.62. The minimum absolute atomic E-state index is 0.211. The zero-order valence-corrected chi connectivity index (χ0v) is 18.4. The lowest BCUT2D eigenvalue weighted by molar-refractivity contribution is -0.127. The molecule has 30 heavy (non-hydrogen) atoms. The van der Waals surface area contributed by atoms with Crippen molar-refractivity contribution in [1.29, 1.82) is 0 Å². The molecular formula is C22H21ClN2O4S. The minimum Gasteiger partial charge on any atom is -0.493 e. The summed E-state index contributed by atoms with van der Waals surface area (Å²) < 4.78 is 5.56. The molecule has 0 unspecified atom stereocenters. The van der Waals surface area contributed by atoms with E-state index in [-0.39, 0.29) is 11.4 Å². The Labute approximate surface area is 184 Å². The molecule has 1 N–H and O–H groups in total. The van der Waals surface area contributed by atoms with Crippen molar-refractivity contribution in [1.82, 2.24) is 4.90 Å². The quantitative estimate of drug-likeness (QED) is 0.632. The van der Waals surface area contributed by atoms with E-state index in [9.17, 15) is 14.4 Å². The van der Waals surface area contributed by atoms with Crippen molar-refractivity contribution in [2.45, 2.75) is 20.8 Å². The first-order valence-corrected chi connectivity index (χ1v) is 10.5. The molecule has 3 amide bonds. The van der Waals surface area contributed by atoms with Gasteiger partial charge in [0.1, 0.15) is 12.3 Å². The van der Waals surface area contributed by atoms with Gasteiger partial charge in [0.25, 0.3) is 11.1 Å². The Morgan fingerprint density at radius 3 is 2.57 bits per heavy atom. The number of amides is 3. The number of nitrogens with zero attached hydrogens (tertiary/aromatic N) is 1. The van der Waals surface area contributed by atoms with E-state index in [0.29, 0.717) is 28.6 Å². The van der Waals surface area contributed by atoms with Crippen molar-refractivity contribution in [3.63, 3.8) is 0 Å². The summed E-state index contributed by atoms with van der Waals surface area (Å²) >= 11 is 6.84. The second-order valence-corrected chi connectivity index (χ2v) is 8.13. The molecule has 1 saturated heterocycles. The van der Waals surface area contributed by atoms with Gasteiger partial charge in [0.2, 0.25) is 5.91 Å². The molecule has 8 heteroatoms. The summed E-state index contributed by atoms with van der Waals surface area (Å²) in [5.74, 6) is -0.403.